The highest BCUT2D eigenvalue weighted by atomic mass is 16.4. The van der Waals surface area contributed by atoms with Crippen molar-refractivity contribution in [3.05, 3.63) is 47.8 Å². The van der Waals surface area contributed by atoms with Gasteiger partial charge >= 0.3 is 5.97 Å². The highest BCUT2D eigenvalue weighted by Crippen LogP contribution is 2.20. The van der Waals surface area contributed by atoms with Gasteiger partial charge < -0.3 is 10.4 Å². The van der Waals surface area contributed by atoms with Crippen molar-refractivity contribution in [3.63, 3.8) is 0 Å². The molecule has 0 spiro atoms. The van der Waals surface area contributed by atoms with Gasteiger partial charge in [0.25, 0.3) is 5.91 Å². The average molecular weight is 301 g/mol. The van der Waals surface area contributed by atoms with Crippen LogP contribution in [0.25, 0.3) is 0 Å². The Morgan fingerprint density at radius 3 is 2.86 bits per heavy atom. The molecule has 0 aliphatic rings. The van der Waals surface area contributed by atoms with Crippen molar-refractivity contribution in [2.45, 2.75) is 32.7 Å². The van der Waals surface area contributed by atoms with E-state index in [4.69, 9.17) is 5.11 Å². The summed E-state index contributed by atoms with van der Waals surface area (Å²) < 4.78 is 1.72. The van der Waals surface area contributed by atoms with E-state index >= 15 is 0 Å². The summed E-state index contributed by atoms with van der Waals surface area (Å²) in [5.74, 6) is -1.78. The summed E-state index contributed by atoms with van der Waals surface area (Å²) in [6.45, 7) is 4.41. The number of carbonyl (C=O) groups is 2. The molecule has 0 saturated carbocycles. The van der Waals surface area contributed by atoms with E-state index in [-0.39, 0.29) is 5.91 Å². The number of carbonyl (C=O) groups excluding carboxylic acids is 1. The quantitative estimate of drug-likeness (QED) is 0.859. The Balaban J connectivity index is 2.11. The number of nitrogens with zero attached hydrogens (tertiary/aromatic N) is 2. The lowest BCUT2D eigenvalue weighted by atomic mass is 10.0. The summed E-state index contributed by atoms with van der Waals surface area (Å²) in [6, 6.07) is 6.86. The molecule has 1 aromatic carbocycles. The van der Waals surface area contributed by atoms with Gasteiger partial charge in [0, 0.05) is 18.4 Å². The van der Waals surface area contributed by atoms with Gasteiger partial charge in [0.15, 0.2) is 0 Å². The normalized spacial score (nSPS) is 11.9. The SMILES string of the molecule is CCCn1cc(C(=O)Nc2cccc(C(C)C(=O)O)c2)cn1. The van der Waals surface area contributed by atoms with Gasteiger partial charge in [-0.15, -0.1) is 0 Å². The molecule has 22 heavy (non-hydrogen) atoms. The van der Waals surface area contributed by atoms with E-state index in [1.165, 1.54) is 6.20 Å². The first-order chi connectivity index (χ1) is 10.5. The molecule has 0 bridgehead atoms. The number of hydrogen-bond donors (Lipinski definition) is 2. The van der Waals surface area contributed by atoms with E-state index in [1.54, 1.807) is 42.1 Å². The topological polar surface area (TPSA) is 84.2 Å². The zero-order chi connectivity index (χ0) is 16.1. The second kappa shape index (κ2) is 6.89. The van der Waals surface area contributed by atoms with E-state index in [1.807, 2.05) is 6.92 Å². The van der Waals surface area contributed by atoms with Crippen LogP contribution in [-0.2, 0) is 11.3 Å². The minimum atomic E-state index is -0.899. The van der Waals surface area contributed by atoms with Gasteiger partial charge in [-0.3, -0.25) is 14.3 Å². The van der Waals surface area contributed by atoms with Gasteiger partial charge in [0.2, 0.25) is 0 Å². The fraction of sp³-hybridized carbons (Fsp3) is 0.312. The lowest BCUT2D eigenvalue weighted by Crippen LogP contribution is -2.12. The van der Waals surface area contributed by atoms with Gasteiger partial charge in [-0.05, 0) is 31.0 Å². The summed E-state index contributed by atoms with van der Waals surface area (Å²) >= 11 is 0. The van der Waals surface area contributed by atoms with Gasteiger partial charge in [-0.2, -0.15) is 5.10 Å². The van der Waals surface area contributed by atoms with Crippen LogP contribution in [0.3, 0.4) is 0 Å². The fourth-order valence-electron chi connectivity index (χ4n) is 2.06. The number of rotatable bonds is 6. The molecule has 2 aromatic rings. The zero-order valence-corrected chi connectivity index (χ0v) is 12.6. The molecule has 2 rings (SSSR count). The number of aromatic nitrogens is 2. The molecule has 6 heteroatoms. The molecule has 0 fully saturated rings. The lowest BCUT2D eigenvalue weighted by Gasteiger charge is -2.09. The zero-order valence-electron chi connectivity index (χ0n) is 12.6. The summed E-state index contributed by atoms with van der Waals surface area (Å²) in [5, 5.41) is 15.9. The summed E-state index contributed by atoms with van der Waals surface area (Å²) in [5.41, 5.74) is 1.69. The molecule has 0 aliphatic carbocycles. The van der Waals surface area contributed by atoms with Crippen LogP contribution in [0, 0.1) is 0 Å². The van der Waals surface area contributed by atoms with Crippen LogP contribution in [0.15, 0.2) is 36.7 Å². The fourth-order valence-corrected chi connectivity index (χ4v) is 2.06. The predicted molar refractivity (Wildman–Crippen MR) is 83.0 cm³/mol. The van der Waals surface area contributed by atoms with Crippen LogP contribution in [0.4, 0.5) is 5.69 Å². The Morgan fingerprint density at radius 1 is 1.41 bits per heavy atom. The first-order valence-corrected chi connectivity index (χ1v) is 7.18. The second-order valence-corrected chi connectivity index (χ2v) is 5.13. The van der Waals surface area contributed by atoms with Crippen LogP contribution in [-0.4, -0.2) is 26.8 Å². The van der Waals surface area contributed by atoms with Crippen LogP contribution < -0.4 is 5.32 Å². The first kappa shape index (κ1) is 15.8. The number of anilines is 1. The smallest absolute Gasteiger partial charge is 0.310 e. The van der Waals surface area contributed by atoms with E-state index in [2.05, 4.69) is 10.4 Å². The number of nitrogens with one attached hydrogen (secondary N) is 1. The molecular weight excluding hydrogens is 282 g/mol. The summed E-state index contributed by atoms with van der Waals surface area (Å²) in [4.78, 5) is 23.2. The monoisotopic (exact) mass is 301 g/mol. The van der Waals surface area contributed by atoms with Crippen molar-refractivity contribution in [1.82, 2.24) is 9.78 Å². The highest BCUT2D eigenvalue weighted by molar-refractivity contribution is 6.04. The standard InChI is InChI=1S/C16H19N3O3/c1-3-7-19-10-13(9-17-19)15(20)18-14-6-4-5-12(8-14)11(2)16(21)22/h4-6,8-11H,3,7H2,1-2H3,(H,18,20)(H,21,22). The molecule has 0 aliphatic heterocycles. The van der Waals surface area contributed by atoms with Crippen LogP contribution in [0.1, 0.15) is 42.1 Å². The third-order valence-electron chi connectivity index (χ3n) is 3.36. The van der Waals surface area contributed by atoms with Gasteiger partial charge in [0.05, 0.1) is 17.7 Å². The first-order valence-electron chi connectivity index (χ1n) is 7.18. The molecule has 1 atom stereocenters. The van der Waals surface area contributed by atoms with Gasteiger partial charge in [0.1, 0.15) is 0 Å². The highest BCUT2D eigenvalue weighted by Gasteiger charge is 2.15. The molecule has 0 radical (unpaired) electrons. The Kier molecular flexibility index (Phi) is 4.93. The Labute approximate surface area is 128 Å². The Hall–Kier alpha value is -2.63. The number of amides is 1. The van der Waals surface area contributed by atoms with Crippen molar-refractivity contribution >= 4 is 17.6 Å². The number of aryl methyl sites for hydroxylation is 1. The second-order valence-electron chi connectivity index (χ2n) is 5.13. The van der Waals surface area contributed by atoms with E-state index in [0.29, 0.717) is 16.8 Å². The third kappa shape index (κ3) is 3.72. The molecule has 0 saturated heterocycles. The van der Waals surface area contributed by atoms with Crippen LogP contribution in [0.2, 0.25) is 0 Å². The van der Waals surface area contributed by atoms with E-state index in [9.17, 15) is 9.59 Å². The number of hydrogen-bond acceptors (Lipinski definition) is 3. The van der Waals surface area contributed by atoms with Crippen molar-refractivity contribution < 1.29 is 14.7 Å². The number of carboxylic acids is 1. The molecule has 2 N–H and O–H groups in total. The minimum absolute atomic E-state index is 0.262. The lowest BCUT2D eigenvalue weighted by molar-refractivity contribution is -0.138. The van der Waals surface area contributed by atoms with E-state index < -0.39 is 11.9 Å². The summed E-state index contributed by atoms with van der Waals surface area (Å²) in [6.07, 6.45) is 4.16. The maximum absolute atomic E-state index is 12.2. The van der Waals surface area contributed by atoms with Gasteiger partial charge in [-0.25, -0.2) is 0 Å². The molecular formula is C16H19N3O3. The van der Waals surface area contributed by atoms with Gasteiger partial charge in [-0.1, -0.05) is 19.1 Å². The molecule has 6 nitrogen and oxygen atoms in total. The molecule has 1 amide bonds. The number of carboxylic acid groups (broad SMARTS) is 1. The third-order valence-corrected chi connectivity index (χ3v) is 3.36. The predicted octanol–water partition coefficient (Wildman–Crippen LogP) is 2.73. The maximum atomic E-state index is 12.2. The van der Waals surface area contributed by atoms with Crippen molar-refractivity contribution in [1.29, 1.82) is 0 Å². The largest absolute Gasteiger partial charge is 0.481 e. The maximum Gasteiger partial charge on any atom is 0.310 e. The van der Waals surface area contributed by atoms with Crippen molar-refractivity contribution in [2.24, 2.45) is 0 Å². The Morgan fingerprint density at radius 2 is 2.18 bits per heavy atom. The molecule has 1 aromatic heterocycles. The average Bonchev–Trinajstić information content (AvgIpc) is 2.96. The molecule has 116 valence electrons. The summed E-state index contributed by atoms with van der Waals surface area (Å²) in [7, 11) is 0. The number of aliphatic carboxylic acids is 1. The number of benzene rings is 1. The molecule has 1 heterocycles. The van der Waals surface area contributed by atoms with Crippen LogP contribution >= 0.6 is 0 Å². The van der Waals surface area contributed by atoms with E-state index in [0.717, 1.165) is 13.0 Å². The Bertz CT molecular complexity index is 679. The minimum Gasteiger partial charge on any atom is -0.481 e. The van der Waals surface area contributed by atoms with Crippen molar-refractivity contribution in [2.75, 3.05) is 5.32 Å². The van der Waals surface area contributed by atoms with Crippen LogP contribution in [0.5, 0.6) is 0 Å². The molecule has 1 unspecified atom stereocenters. The van der Waals surface area contributed by atoms with Crippen molar-refractivity contribution in [3.8, 4) is 0 Å².